The van der Waals surface area contributed by atoms with Gasteiger partial charge < -0.3 is 20.1 Å². The number of carboxylic acids is 1. The Labute approximate surface area is 113 Å². The van der Waals surface area contributed by atoms with Crippen molar-refractivity contribution >= 4 is 12.0 Å². The van der Waals surface area contributed by atoms with E-state index < -0.39 is 5.97 Å². The molecule has 108 valence electrons. The zero-order chi connectivity index (χ0) is 13.9. The fourth-order valence-electron chi connectivity index (χ4n) is 2.49. The summed E-state index contributed by atoms with van der Waals surface area (Å²) in [6, 6.07) is -0.516. The van der Waals surface area contributed by atoms with Crippen LogP contribution in [0.4, 0.5) is 4.79 Å². The quantitative estimate of drug-likeness (QED) is 0.783. The van der Waals surface area contributed by atoms with Crippen LogP contribution < -0.4 is 5.32 Å². The second kappa shape index (κ2) is 5.77. The van der Waals surface area contributed by atoms with Crippen LogP contribution in [0.1, 0.15) is 32.6 Å². The lowest BCUT2D eigenvalue weighted by atomic mass is 10.0. The number of hydrogen-bond acceptors (Lipinski definition) is 3. The Morgan fingerprint density at radius 1 is 1.47 bits per heavy atom. The zero-order valence-corrected chi connectivity index (χ0v) is 11.4. The monoisotopic (exact) mass is 270 g/mol. The van der Waals surface area contributed by atoms with Gasteiger partial charge in [-0.1, -0.05) is 6.92 Å². The Balaban J connectivity index is 1.86. The second-order valence-electron chi connectivity index (χ2n) is 5.53. The maximum absolute atomic E-state index is 12.1. The number of amides is 2. The molecule has 1 saturated carbocycles. The molecule has 0 aromatic heterocycles. The SMILES string of the molecule is CCC1(CNC(=O)N2CCOCC2CC(=O)O)CC1. The number of carbonyl (C=O) groups is 2. The van der Waals surface area contributed by atoms with Gasteiger partial charge in [0.2, 0.25) is 0 Å². The molecule has 1 heterocycles. The molecule has 0 radical (unpaired) electrons. The minimum absolute atomic E-state index is 0.0632. The molecule has 1 aliphatic heterocycles. The van der Waals surface area contributed by atoms with Gasteiger partial charge >= 0.3 is 12.0 Å². The van der Waals surface area contributed by atoms with E-state index in [4.69, 9.17) is 9.84 Å². The van der Waals surface area contributed by atoms with E-state index in [0.717, 1.165) is 6.42 Å². The largest absolute Gasteiger partial charge is 0.481 e. The van der Waals surface area contributed by atoms with Crippen molar-refractivity contribution in [3.05, 3.63) is 0 Å². The van der Waals surface area contributed by atoms with Gasteiger partial charge in [0.25, 0.3) is 0 Å². The molecule has 0 spiro atoms. The molecule has 2 rings (SSSR count). The van der Waals surface area contributed by atoms with Crippen LogP contribution in [-0.2, 0) is 9.53 Å². The molecule has 1 saturated heterocycles. The lowest BCUT2D eigenvalue weighted by Crippen LogP contribution is -2.53. The molecule has 6 nitrogen and oxygen atoms in total. The summed E-state index contributed by atoms with van der Waals surface area (Å²) in [4.78, 5) is 24.5. The topological polar surface area (TPSA) is 78.9 Å². The highest BCUT2D eigenvalue weighted by Crippen LogP contribution is 2.47. The molecule has 2 aliphatic rings. The summed E-state index contributed by atoms with van der Waals surface area (Å²) in [7, 11) is 0. The second-order valence-corrected chi connectivity index (χ2v) is 5.53. The van der Waals surface area contributed by atoms with Gasteiger partial charge in [0.1, 0.15) is 0 Å². The summed E-state index contributed by atoms with van der Waals surface area (Å²) in [5.74, 6) is -0.902. The number of aliphatic carboxylic acids is 1. The number of carboxylic acid groups (broad SMARTS) is 1. The zero-order valence-electron chi connectivity index (χ0n) is 11.4. The van der Waals surface area contributed by atoms with E-state index in [2.05, 4.69) is 12.2 Å². The molecule has 1 atom stereocenters. The number of carbonyl (C=O) groups excluding carboxylic acids is 1. The molecule has 0 aromatic carbocycles. The summed E-state index contributed by atoms with van der Waals surface area (Å²) in [6.45, 7) is 4.07. The van der Waals surface area contributed by atoms with Gasteiger partial charge in [0.05, 0.1) is 25.7 Å². The highest BCUT2D eigenvalue weighted by molar-refractivity contribution is 5.76. The van der Waals surface area contributed by atoms with Crippen molar-refractivity contribution in [2.45, 2.75) is 38.6 Å². The Bertz CT molecular complexity index is 355. The van der Waals surface area contributed by atoms with E-state index >= 15 is 0 Å². The van der Waals surface area contributed by atoms with Crippen LogP contribution in [0.25, 0.3) is 0 Å². The number of morpholine rings is 1. The number of rotatable bonds is 5. The van der Waals surface area contributed by atoms with E-state index in [1.165, 1.54) is 12.8 Å². The number of ether oxygens (including phenoxy) is 1. The third-order valence-corrected chi connectivity index (χ3v) is 4.22. The Hall–Kier alpha value is -1.30. The molecule has 2 amide bonds. The van der Waals surface area contributed by atoms with Crippen molar-refractivity contribution in [1.82, 2.24) is 10.2 Å². The smallest absolute Gasteiger partial charge is 0.317 e. The van der Waals surface area contributed by atoms with Crippen LogP contribution in [-0.4, -0.2) is 54.4 Å². The fourth-order valence-corrected chi connectivity index (χ4v) is 2.49. The van der Waals surface area contributed by atoms with Crippen molar-refractivity contribution in [2.75, 3.05) is 26.3 Å². The Morgan fingerprint density at radius 3 is 2.79 bits per heavy atom. The molecule has 19 heavy (non-hydrogen) atoms. The number of hydrogen-bond donors (Lipinski definition) is 2. The number of nitrogens with zero attached hydrogens (tertiary/aromatic N) is 1. The summed E-state index contributed by atoms with van der Waals surface area (Å²) < 4.78 is 5.26. The normalized spacial score (nSPS) is 24.9. The highest BCUT2D eigenvalue weighted by Gasteiger charge is 2.41. The van der Waals surface area contributed by atoms with Crippen molar-refractivity contribution in [3.63, 3.8) is 0 Å². The lowest BCUT2D eigenvalue weighted by molar-refractivity contribution is -0.139. The fraction of sp³-hybridized carbons (Fsp3) is 0.846. The summed E-state index contributed by atoms with van der Waals surface area (Å²) >= 11 is 0. The standard InChI is InChI=1S/C13H22N2O4/c1-2-13(3-4-13)9-14-12(18)15-5-6-19-8-10(15)7-11(16)17/h10H,2-9H2,1H3,(H,14,18)(H,16,17). The average Bonchev–Trinajstić information content (AvgIpc) is 3.17. The first-order valence-corrected chi connectivity index (χ1v) is 6.90. The van der Waals surface area contributed by atoms with Gasteiger partial charge in [-0.2, -0.15) is 0 Å². The van der Waals surface area contributed by atoms with Crippen LogP contribution in [0, 0.1) is 5.41 Å². The van der Waals surface area contributed by atoms with E-state index in [-0.39, 0.29) is 18.5 Å². The van der Waals surface area contributed by atoms with E-state index in [1.54, 1.807) is 4.90 Å². The Morgan fingerprint density at radius 2 is 2.21 bits per heavy atom. The third kappa shape index (κ3) is 3.59. The maximum atomic E-state index is 12.1. The molecule has 2 N–H and O–H groups in total. The first-order valence-electron chi connectivity index (χ1n) is 6.90. The summed E-state index contributed by atoms with van der Waals surface area (Å²) in [5.41, 5.74) is 0.296. The van der Waals surface area contributed by atoms with Gasteiger partial charge in [-0.15, -0.1) is 0 Å². The molecule has 2 fully saturated rings. The van der Waals surface area contributed by atoms with E-state index in [1.807, 2.05) is 0 Å². The van der Waals surface area contributed by atoms with Crippen LogP contribution in [0.15, 0.2) is 0 Å². The molecular weight excluding hydrogens is 248 g/mol. The summed E-state index contributed by atoms with van der Waals surface area (Å²) in [5, 5.41) is 11.8. The van der Waals surface area contributed by atoms with Crippen molar-refractivity contribution in [2.24, 2.45) is 5.41 Å². The van der Waals surface area contributed by atoms with Crippen LogP contribution in [0.3, 0.4) is 0 Å². The lowest BCUT2D eigenvalue weighted by Gasteiger charge is -2.35. The molecule has 6 heteroatoms. The van der Waals surface area contributed by atoms with Gasteiger partial charge in [-0.3, -0.25) is 4.79 Å². The van der Waals surface area contributed by atoms with Crippen molar-refractivity contribution in [1.29, 1.82) is 0 Å². The summed E-state index contributed by atoms with van der Waals surface area (Å²) in [6.07, 6.45) is 3.36. The van der Waals surface area contributed by atoms with Gasteiger partial charge in [0, 0.05) is 13.1 Å². The van der Waals surface area contributed by atoms with Crippen LogP contribution in [0.5, 0.6) is 0 Å². The van der Waals surface area contributed by atoms with Gasteiger partial charge in [-0.05, 0) is 24.7 Å². The minimum atomic E-state index is -0.902. The predicted octanol–water partition coefficient (Wildman–Crippen LogP) is 1.06. The maximum Gasteiger partial charge on any atom is 0.317 e. The van der Waals surface area contributed by atoms with Crippen molar-refractivity contribution in [3.8, 4) is 0 Å². The van der Waals surface area contributed by atoms with E-state index in [0.29, 0.717) is 31.7 Å². The third-order valence-electron chi connectivity index (χ3n) is 4.22. The van der Waals surface area contributed by atoms with E-state index in [9.17, 15) is 9.59 Å². The van der Waals surface area contributed by atoms with Crippen LogP contribution >= 0.6 is 0 Å². The minimum Gasteiger partial charge on any atom is -0.481 e. The molecule has 0 bridgehead atoms. The van der Waals surface area contributed by atoms with Gasteiger partial charge in [0.15, 0.2) is 0 Å². The molecule has 1 unspecified atom stereocenters. The van der Waals surface area contributed by atoms with Crippen LogP contribution in [0.2, 0.25) is 0 Å². The highest BCUT2D eigenvalue weighted by atomic mass is 16.5. The predicted molar refractivity (Wildman–Crippen MR) is 68.9 cm³/mol. The molecular formula is C13H22N2O4. The number of urea groups is 1. The first-order chi connectivity index (χ1) is 9.06. The molecule has 0 aromatic rings. The Kier molecular flexibility index (Phi) is 4.29. The van der Waals surface area contributed by atoms with Gasteiger partial charge in [-0.25, -0.2) is 4.79 Å². The molecule has 1 aliphatic carbocycles. The first kappa shape index (κ1) is 14.1. The number of nitrogens with one attached hydrogen (secondary N) is 1. The van der Waals surface area contributed by atoms with Crippen molar-refractivity contribution < 1.29 is 19.4 Å². The average molecular weight is 270 g/mol.